The average molecular weight is 349 g/mol. The normalized spacial score (nSPS) is 18.9. The highest BCUT2D eigenvalue weighted by Gasteiger charge is 2.26. The number of hydrogen-bond acceptors (Lipinski definition) is 3. The fourth-order valence-corrected chi connectivity index (χ4v) is 3.14. The summed E-state index contributed by atoms with van der Waals surface area (Å²) in [6, 6.07) is 3.63. The molecule has 1 aliphatic heterocycles. The van der Waals surface area contributed by atoms with Gasteiger partial charge < -0.3 is 20.0 Å². The zero-order chi connectivity index (χ0) is 18.4. The van der Waals surface area contributed by atoms with Crippen molar-refractivity contribution in [2.24, 2.45) is 11.8 Å². The van der Waals surface area contributed by atoms with Crippen LogP contribution in [-0.2, 0) is 4.79 Å². The number of nitrogens with one attached hydrogen (secondary N) is 2. The van der Waals surface area contributed by atoms with Crippen molar-refractivity contribution < 1.29 is 14.0 Å². The lowest BCUT2D eigenvalue weighted by Crippen LogP contribution is -2.47. The van der Waals surface area contributed by atoms with Gasteiger partial charge in [0.1, 0.15) is 11.5 Å². The van der Waals surface area contributed by atoms with Crippen LogP contribution in [0, 0.1) is 18.8 Å². The highest BCUT2D eigenvalue weighted by Crippen LogP contribution is 2.21. The highest BCUT2D eigenvalue weighted by atomic mass is 16.3. The third-order valence-corrected chi connectivity index (χ3v) is 4.51. The predicted molar refractivity (Wildman–Crippen MR) is 97.2 cm³/mol. The Morgan fingerprint density at radius 1 is 1.32 bits per heavy atom. The second-order valence-corrected chi connectivity index (χ2v) is 7.48. The van der Waals surface area contributed by atoms with Crippen LogP contribution in [0.1, 0.15) is 57.6 Å². The SMILES string of the molecule is Cc1ccc([C@@H](C)NC(=O)C[C@H]2CCCN(C(=O)NCC(C)C)C2)o1. The van der Waals surface area contributed by atoms with E-state index in [-0.39, 0.29) is 23.9 Å². The van der Waals surface area contributed by atoms with Gasteiger partial charge in [0.05, 0.1) is 6.04 Å². The van der Waals surface area contributed by atoms with Crippen LogP contribution in [0.5, 0.6) is 0 Å². The van der Waals surface area contributed by atoms with E-state index in [0.29, 0.717) is 25.4 Å². The smallest absolute Gasteiger partial charge is 0.317 e. The number of likely N-dealkylation sites (tertiary alicyclic amines) is 1. The van der Waals surface area contributed by atoms with Crippen molar-refractivity contribution in [3.63, 3.8) is 0 Å². The maximum absolute atomic E-state index is 12.3. The van der Waals surface area contributed by atoms with Gasteiger partial charge in [-0.15, -0.1) is 0 Å². The van der Waals surface area contributed by atoms with Crippen LogP contribution >= 0.6 is 0 Å². The summed E-state index contributed by atoms with van der Waals surface area (Å²) in [5.74, 6) is 2.26. The Morgan fingerprint density at radius 2 is 2.08 bits per heavy atom. The fourth-order valence-electron chi connectivity index (χ4n) is 3.14. The van der Waals surface area contributed by atoms with Crippen molar-refractivity contribution in [3.05, 3.63) is 23.7 Å². The minimum Gasteiger partial charge on any atom is -0.464 e. The van der Waals surface area contributed by atoms with E-state index in [1.165, 1.54) is 0 Å². The zero-order valence-corrected chi connectivity index (χ0v) is 15.8. The molecule has 1 saturated heterocycles. The van der Waals surface area contributed by atoms with Gasteiger partial charge in [-0.25, -0.2) is 4.79 Å². The summed E-state index contributed by atoms with van der Waals surface area (Å²) in [4.78, 5) is 26.4. The lowest BCUT2D eigenvalue weighted by Gasteiger charge is -2.33. The molecule has 2 atom stereocenters. The molecule has 6 heteroatoms. The molecular formula is C19H31N3O3. The summed E-state index contributed by atoms with van der Waals surface area (Å²) in [7, 11) is 0. The summed E-state index contributed by atoms with van der Waals surface area (Å²) in [6.07, 6.45) is 2.37. The molecule has 140 valence electrons. The van der Waals surface area contributed by atoms with Gasteiger partial charge in [-0.3, -0.25) is 4.79 Å². The van der Waals surface area contributed by atoms with Crippen molar-refractivity contribution >= 4 is 11.9 Å². The van der Waals surface area contributed by atoms with E-state index in [1.807, 2.05) is 30.9 Å². The summed E-state index contributed by atoms with van der Waals surface area (Å²) in [6.45, 7) is 10.1. The second-order valence-electron chi connectivity index (χ2n) is 7.48. The van der Waals surface area contributed by atoms with E-state index in [4.69, 9.17) is 4.42 Å². The van der Waals surface area contributed by atoms with Gasteiger partial charge in [0, 0.05) is 26.1 Å². The Bertz CT molecular complexity index is 582. The monoisotopic (exact) mass is 349 g/mol. The molecule has 1 aromatic heterocycles. The minimum atomic E-state index is -0.143. The first-order chi connectivity index (χ1) is 11.8. The topological polar surface area (TPSA) is 74.6 Å². The number of piperidine rings is 1. The molecule has 1 aromatic rings. The third-order valence-electron chi connectivity index (χ3n) is 4.51. The maximum Gasteiger partial charge on any atom is 0.317 e. The van der Waals surface area contributed by atoms with E-state index in [0.717, 1.165) is 30.9 Å². The number of hydrogen-bond donors (Lipinski definition) is 2. The third kappa shape index (κ3) is 6.11. The molecule has 0 spiro atoms. The first kappa shape index (κ1) is 19.3. The molecule has 2 rings (SSSR count). The van der Waals surface area contributed by atoms with Crippen LogP contribution < -0.4 is 10.6 Å². The molecule has 0 aliphatic carbocycles. The van der Waals surface area contributed by atoms with E-state index < -0.39 is 0 Å². The number of carbonyl (C=O) groups excluding carboxylic acids is 2. The molecule has 0 unspecified atom stereocenters. The average Bonchev–Trinajstić information content (AvgIpc) is 2.99. The summed E-state index contributed by atoms with van der Waals surface area (Å²) < 4.78 is 5.55. The highest BCUT2D eigenvalue weighted by molar-refractivity contribution is 5.77. The van der Waals surface area contributed by atoms with Gasteiger partial charge >= 0.3 is 6.03 Å². The van der Waals surface area contributed by atoms with Gasteiger partial charge in [0.2, 0.25) is 5.91 Å². The summed E-state index contributed by atoms with van der Waals surface area (Å²) >= 11 is 0. The van der Waals surface area contributed by atoms with Crippen LogP contribution in [0.2, 0.25) is 0 Å². The minimum absolute atomic E-state index is 0.0102. The molecule has 2 heterocycles. The lowest BCUT2D eigenvalue weighted by atomic mass is 9.94. The molecule has 3 amide bonds. The number of nitrogens with zero attached hydrogens (tertiary/aromatic N) is 1. The Hall–Kier alpha value is -1.98. The number of aryl methyl sites for hydroxylation is 1. The van der Waals surface area contributed by atoms with Gasteiger partial charge in [0.25, 0.3) is 0 Å². The van der Waals surface area contributed by atoms with Crippen LogP contribution in [-0.4, -0.2) is 36.5 Å². The van der Waals surface area contributed by atoms with Crippen molar-refractivity contribution in [2.75, 3.05) is 19.6 Å². The number of amides is 3. The van der Waals surface area contributed by atoms with Crippen LogP contribution in [0.4, 0.5) is 4.79 Å². The number of rotatable bonds is 6. The zero-order valence-electron chi connectivity index (χ0n) is 15.8. The number of urea groups is 1. The molecule has 1 fully saturated rings. The molecule has 0 bridgehead atoms. The van der Waals surface area contributed by atoms with Crippen LogP contribution in [0.25, 0.3) is 0 Å². The first-order valence-electron chi connectivity index (χ1n) is 9.23. The molecule has 6 nitrogen and oxygen atoms in total. The van der Waals surface area contributed by atoms with Crippen LogP contribution in [0.3, 0.4) is 0 Å². The first-order valence-corrected chi connectivity index (χ1v) is 9.23. The van der Waals surface area contributed by atoms with Gasteiger partial charge in [-0.2, -0.15) is 0 Å². The number of carbonyl (C=O) groups is 2. The molecule has 0 radical (unpaired) electrons. The summed E-state index contributed by atoms with van der Waals surface area (Å²) in [5, 5.41) is 5.94. The van der Waals surface area contributed by atoms with Crippen molar-refractivity contribution in [1.82, 2.24) is 15.5 Å². The van der Waals surface area contributed by atoms with E-state index in [2.05, 4.69) is 24.5 Å². The molecule has 0 saturated carbocycles. The van der Waals surface area contributed by atoms with Crippen LogP contribution in [0.15, 0.2) is 16.5 Å². The predicted octanol–water partition coefficient (Wildman–Crippen LogP) is 3.23. The lowest BCUT2D eigenvalue weighted by molar-refractivity contribution is -0.123. The Kier molecular flexibility index (Phi) is 6.91. The van der Waals surface area contributed by atoms with E-state index in [1.54, 1.807) is 0 Å². The summed E-state index contributed by atoms with van der Waals surface area (Å²) in [5.41, 5.74) is 0. The molecule has 2 N–H and O–H groups in total. The van der Waals surface area contributed by atoms with E-state index in [9.17, 15) is 9.59 Å². The van der Waals surface area contributed by atoms with Gasteiger partial charge in [-0.1, -0.05) is 13.8 Å². The number of furan rings is 1. The Morgan fingerprint density at radius 3 is 2.72 bits per heavy atom. The molecule has 0 aromatic carbocycles. The van der Waals surface area contributed by atoms with Crippen molar-refractivity contribution in [3.8, 4) is 0 Å². The van der Waals surface area contributed by atoms with E-state index >= 15 is 0 Å². The molecule has 1 aliphatic rings. The van der Waals surface area contributed by atoms with Crippen molar-refractivity contribution in [1.29, 1.82) is 0 Å². The van der Waals surface area contributed by atoms with Gasteiger partial charge in [-0.05, 0) is 50.7 Å². The Labute approximate surface area is 150 Å². The molecule has 25 heavy (non-hydrogen) atoms. The quantitative estimate of drug-likeness (QED) is 0.828. The van der Waals surface area contributed by atoms with Crippen molar-refractivity contribution in [2.45, 2.75) is 53.0 Å². The largest absolute Gasteiger partial charge is 0.464 e. The molecular weight excluding hydrogens is 318 g/mol. The fraction of sp³-hybridized carbons (Fsp3) is 0.684. The Balaban J connectivity index is 1.79. The maximum atomic E-state index is 12.3. The second kappa shape index (κ2) is 8.92. The van der Waals surface area contributed by atoms with Gasteiger partial charge in [0.15, 0.2) is 0 Å². The standard InChI is InChI=1S/C19H31N3O3/c1-13(2)11-20-19(24)22-9-5-6-16(12-22)10-18(23)21-15(4)17-8-7-14(3)25-17/h7-8,13,15-16H,5-6,9-12H2,1-4H3,(H,20,24)(H,21,23)/t15-,16-/m1/s1.